The number of hydrogen-bond acceptors (Lipinski definition) is 4. The number of alkyl halides is 1. The van der Waals surface area contributed by atoms with E-state index in [1.165, 1.54) is 5.69 Å². The molecule has 0 radical (unpaired) electrons. The van der Waals surface area contributed by atoms with Gasteiger partial charge in [0.15, 0.2) is 0 Å². The van der Waals surface area contributed by atoms with Crippen LogP contribution in [0.25, 0.3) is 12.2 Å². The summed E-state index contributed by atoms with van der Waals surface area (Å²) in [4.78, 5) is 6.39. The maximum absolute atomic E-state index is 5.53. The van der Waals surface area contributed by atoms with Crippen molar-refractivity contribution in [3.05, 3.63) is 53.7 Å². The van der Waals surface area contributed by atoms with Crippen LogP contribution in [0.15, 0.2) is 42.6 Å². The summed E-state index contributed by atoms with van der Waals surface area (Å²) < 4.78 is 10.9. The summed E-state index contributed by atoms with van der Waals surface area (Å²) in [6.45, 7) is 1.77. The van der Waals surface area contributed by atoms with Gasteiger partial charge in [0, 0.05) is 37.4 Å². The van der Waals surface area contributed by atoms with Crippen molar-refractivity contribution in [2.24, 2.45) is 0 Å². The predicted octanol–water partition coefficient (Wildman–Crippen LogP) is 4.11. The lowest BCUT2D eigenvalue weighted by Gasteiger charge is -2.11. The van der Waals surface area contributed by atoms with Gasteiger partial charge in [0.1, 0.15) is 6.61 Å². The van der Waals surface area contributed by atoms with E-state index in [1.807, 2.05) is 32.3 Å². The van der Waals surface area contributed by atoms with E-state index in [4.69, 9.17) is 9.47 Å². The Labute approximate surface area is 152 Å². The van der Waals surface area contributed by atoms with Gasteiger partial charge in [-0.25, -0.2) is 4.98 Å². The fourth-order valence-electron chi connectivity index (χ4n) is 2.01. The third-order valence-corrected chi connectivity index (χ3v) is 3.66. The molecule has 0 aliphatic rings. The number of halogens is 1. The van der Waals surface area contributed by atoms with E-state index in [1.54, 1.807) is 6.20 Å². The molecule has 0 fully saturated rings. The molecule has 0 N–H and O–H groups in total. The average Bonchev–Trinajstić information content (AvgIpc) is 2.61. The van der Waals surface area contributed by atoms with Gasteiger partial charge in [-0.05, 0) is 29.3 Å². The second-order valence-corrected chi connectivity index (χ2v) is 6.19. The van der Waals surface area contributed by atoms with Gasteiger partial charge in [-0.15, -0.1) is 0 Å². The van der Waals surface area contributed by atoms with Gasteiger partial charge < -0.3 is 14.4 Å². The van der Waals surface area contributed by atoms with Gasteiger partial charge >= 0.3 is 0 Å². The molecule has 1 heterocycles. The van der Waals surface area contributed by atoms with Gasteiger partial charge in [0.05, 0.1) is 13.2 Å². The lowest BCUT2D eigenvalue weighted by Crippen LogP contribution is -2.08. The summed E-state index contributed by atoms with van der Waals surface area (Å²) in [5, 5.41) is 0.837. The van der Waals surface area contributed by atoms with Crippen LogP contribution in [0, 0.1) is 0 Å². The zero-order valence-electron chi connectivity index (χ0n) is 14.1. The van der Waals surface area contributed by atoms with Crippen molar-refractivity contribution in [2.75, 3.05) is 44.1 Å². The third-order valence-electron chi connectivity index (χ3n) is 3.34. The first kappa shape index (κ1) is 18.5. The number of pyridine rings is 1. The molecule has 0 aliphatic heterocycles. The first-order chi connectivity index (χ1) is 11.7. The Morgan fingerprint density at radius 2 is 1.67 bits per heavy atom. The van der Waals surface area contributed by atoms with Crippen LogP contribution in [0.5, 0.6) is 5.88 Å². The van der Waals surface area contributed by atoms with Crippen LogP contribution in [0.2, 0.25) is 0 Å². The lowest BCUT2D eigenvalue weighted by atomic mass is 10.1. The molecule has 0 unspecified atom stereocenters. The van der Waals surface area contributed by atoms with E-state index in [2.05, 4.69) is 56.2 Å². The monoisotopic (exact) mass is 390 g/mol. The highest BCUT2D eigenvalue weighted by Gasteiger charge is 1.97. The Kier molecular flexibility index (Phi) is 7.79. The summed E-state index contributed by atoms with van der Waals surface area (Å²) in [6.07, 6.45) is 5.92. The molecule has 0 saturated heterocycles. The second-order valence-electron chi connectivity index (χ2n) is 5.40. The molecule has 0 aliphatic carbocycles. The number of benzene rings is 1. The molecule has 24 heavy (non-hydrogen) atoms. The summed E-state index contributed by atoms with van der Waals surface area (Å²) >= 11 is 3.31. The van der Waals surface area contributed by atoms with Crippen LogP contribution in [-0.4, -0.2) is 44.2 Å². The molecule has 128 valence electrons. The highest BCUT2D eigenvalue weighted by atomic mass is 79.9. The predicted molar refractivity (Wildman–Crippen MR) is 104 cm³/mol. The summed E-state index contributed by atoms with van der Waals surface area (Å²) in [5.41, 5.74) is 3.38. The van der Waals surface area contributed by atoms with E-state index >= 15 is 0 Å². The van der Waals surface area contributed by atoms with E-state index in [9.17, 15) is 0 Å². The molecule has 2 aromatic rings. The van der Waals surface area contributed by atoms with Crippen molar-refractivity contribution in [3.8, 4) is 5.88 Å². The SMILES string of the molecule is CN(C)c1ccc(/C=C/c2ccc(OCCOCCBr)nc2)cc1. The molecular weight excluding hydrogens is 368 g/mol. The molecule has 0 saturated carbocycles. The first-order valence-electron chi connectivity index (χ1n) is 7.87. The van der Waals surface area contributed by atoms with Crippen LogP contribution >= 0.6 is 15.9 Å². The molecule has 4 nitrogen and oxygen atoms in total. The van der Waals surface area contributed by atoms with Crippen molar-refractivity contribution >= 4 is 33.8 Å². The number of anilines is 1. The Morgan fingerprint density at radius 3 is 2.29 bits per heavy atom. The Morgan fingerprint density at radius 1 is 0.958 bits per heavy atom. The van der Waals surface area contributed by atoms with E-state index in [0.717, 1.165) is 16.5 Å². The zero-order valence-corrected chi connectivity index (χ0v) is 15.7. The van der Waals surface area contributed by atoms with Gasteiger partial charge in [-0.2, -0.15) is 0 Å². The van der Waals surface area contributed by atoms with Crippen LogP contribution in [0.4, 0.5) is 5.69 Å². The fraction of sp³-hybridized carbons (Fsp3) is 0.316. The fourth-order valence-corrected chi connectivity index (χ4v) is 2.24. The van der Waals surface area contributed by atoms with Crippen LogP contribution < -0.4 is 9.64 Å². The zero-order chi connectivity index (χ0) is 17.2. The Hall–Kier alpha value is -1.85. The van der Waals surface area contributed by atoms with Crippen molar-refractivity contribution in [3.63, 3.8) is 0 Å². The molecular formula is C19H23BrN2O2. The number of rotatable bonds is 9. The summed E-state index contributed by atoms with van der Waals surface area (Å²) in [5.74, 6) is 0.616. The molecule has 1 aromatic carbocycles. The standard InChI is InChI=1S/C19H23BrN2O2/c1-22(2)18-8-5-16(6-9-18)3-4-17-7-10-19(21-15-17)24-14-13-23-12-11-20/h3-10,15H,11-14H2,1-2H3/b4-3+. The Balaban J connectivity index is 1.84. The second kappa shape index (κ2) is 10.1. The van der Waals surface area contributed by atoms with Crippen molar-refractivity contribution in [2.45, 2.75) is 0 Å². The van der Waals surface area contributed by atoms with Gasteiger partial charge in [0.25, 0.3) is 0 Å². The topological polar surface area (TPSA) is 34.6 Å². The highest BCUT2D eigenvalue weighted by Crippen LogP contribution is 2.15. The van der Waals surface area contributed by atoms with Crippen LogP contribution in [0.1, 0.15) is 11.1 Å². The van der Waals surface area contributed by atoms with Gasteiger partial charge in [-0.1, -0.05) is 40.2 Å². The molecule has 0 bridgehead atoms. The Bertz CT molecular complexity index is 625. The largest absolute Gasteiger partial charge is 0.475 e. The minimum atomic E-state index is 0.507. The quantitative estimate of drug-likeness (QED) is 0.476. The molecule has 0 atom stereocenters. The molecule has 2 rings (SSSR count). The minimum Gasteiger partial charge on any atom is -0.475 e. The average molecular weight is 391 g/mol. The number of hydrogen-bond donors (Lipinski definition) is 0. The van der Waals surface area contributed by atoms with E-state index < -0.39 is 0 Å². The third kappa shape index (κ3) is 6.34. The van der Waals surface area contributed by atoms with E-state index in [-0.39, 0.29) is 0 Å². The van der Waals surface area contributed by atoms with Crippen LogP contribution in [-0.2, 0) is 4.74 Å². The minimum absolute atomic E-state index is 0.507. The molecule has 1 aromatic heterocycles. The number of nitrogens with zero attached hydrogens (tertiary/aromatic N) is 2. The van der Waals surface area contributed by atoms with Crippen molar-refractivity contribution in [1.82, 2.24) is 4.98 Å². The maximum atomic E-state index is 5.53. The first-order valence-corrected chi connectivity index (χ1v) is 8.99. The normalized spacial score (nSPS) is 11.0. The highest BCUT2D eigenvalue weighted by molar-refractivity contribution is 9.09. The number of aromatic nitrogens is 1. The van der Waals surface area contributed by atoms with E-state index in [0.29, 0.717) is 25.7 Å². The van der Waals surface area contributed by atoms with Gasteiger partial charge in [-0.3, -0.25) is 0 Å². The summed E-state index contributed by atoms with van der Waals surface area (Å²) in [7, 11) is 4.07. The smallest absolute Gasteiger partial charge is 0.213 e. The van der Waals surface area contributed by atoms with Gasteiger partial charge in [0.2, 0.25) is 5.88 Å². The van der Waals surface area contributed by atoms with Crippen LogP contribution in [0.3, 0.4) is 0 Å². The van der Waals surface area contributed by atoms with Crippen molar-refractivity contribution in [1.29, 1.82) is 0 Å². The molecule has 0 amide bonds. The molecule has 5 heteroatoms. The molecule has 0 spiro atoms. The lowest BCUT2D eigenvalue weighted by molar-refractivity contribution is 0.110. The number of ether oxygens (including phenoxy) is 2. The maximum Gasteiger partial charge on any atom is 0.213 e. The van der Waals surface area contributed by atoms with Crippen molar-refractivity contribution < 1.29 is 9.47 Å². The summed E-state index contributed by atoms with van der Waals surface area (Å²) in [6, 6.07) is 12.3.